The van der Waals surface area contributed by atoms with Crippen LogP contribution in [0.5, 0.6) is 0 Å². The van der Waals surface area contributed by atoms with E-state index in [2.05, 4.69) is 12.2 Å². The molecule has 23 heavy (non-hydrogen) atoms. The lowest BCUT2D eigenvalue weighted by Gasteiger charge is -2.20. The van der Waals surface area contributed by atoms with Gasteiger partial charge in [-0.15, -0.1) is 0 Å². The minimum absolute atomic E-state index is 0.000331. The van der Waals surface area contributed by atoms with E-state index in [1.807, 2.05) is 31.2 Å². The summed E-state index contributed by atoms with van der Waals surface area (Å²) < 4.78 is 0. The van der Waals surface area contributed by atoms with Gasteiger partial charge in [0, 0.05) is 25.2 Å². The van der Waals surface area contributed by atoms with E-state index in [-0.39, 0.29) is 30.3 Å². The number of carbonyl (C=O) groups excluding carboxylic acids is 2. The topological polar surface area (TPSA) is 69.6 Å². The van der Waals surface area contributed by atoms with Crippen LogP contribution in [0.3, 0.4) is 0 Å². The van der Waals surface area contributed by atoms with E-state index < -0.39 is 0 Å². The lowest BCUT2D eigenvalue weighted by atomic mass is 10.1. The van der Waals surface area contributed by atoms with Gasteiger partial charge < -0.3 is 15.3 Å². The number of nitrogens with zero attached hydrogens (tertiary/aromatic N) is 1. The SMILES string of the molecule is CCc1ccccc1N1CC(C(=O)NCCC(O)CC)CC1=O. The minimum Gasteiger partial charge on any atom is -0.393 e. The Morgan fingerprint density at radius 1 is 1.39 bits per heavy atom. The van der Waals surface area contributed by atoms with Gasteiger partial charge in [-0.2, -0.15) is 0 Å². The smallest absolute Gasteiger partial charge is 0.227 e. The van der Waals surface area contributed by atoms with Crippen molar-refractivity contribution in [1.82, 2.24) is 5.32 Å². The number of para-hydroxylation sites is 1. The monoisotopic (exact) mass is 318 g/mol. The van der Waals surface area contributed by atoms with Crippen LogP contribution in [-0.2, 0) is 16.0 Å². The second kappa shape index (κ2) is 8.11. The Morgan fingerprint density at radius 3 is 2.83 bits per heavy atom. The molecule has 2 atom stereocenters. The van der Waals surface area contributed by atoms with Crippen molar-refractivity contribution in [1.29, 1.82) is 0 Å². The number of amides is 2. The van der Waals surface area contributed by atoms with Crippen LogP contribution in [0.2, 0.25) is 0 Å². The second-order valence-electron chi connectivity index (χ2n) is 6.03. The van der Waals surface area contributed by atoms with Gasteiger partial charge in [-0.1, -0.05) is 32.0 Å². The Kier molecular flexibility index (Phi) is 6.16. The van der Waals surface area contributed by atoms with Gasteiger partial charge in [-0.25, -0.2) is 0 Å². The van der Waals surface area contributed by atoms with E-state index in [1.54, 1.807) is 4.90 Å². The number of anilines is 1. The number of aryl methyl sites for hydroxylation is 1. The number of carbonyl (C=O) groups is 2. The normalized spacial score (nSPS) is 19.0. The fourth-order valence-corrected chi connectivity index (χ4v) is 2.90. The molecule has 2 unspecified atom stereocenters. The Morgan fingerprint density at radius 2 is 2.13 bits per heavy atom. The number of hydrogen-bond acceptors (Lipinski definition) is 3. The fraction of sp³-hybridized carbons (Fsp3) is 0.556. The third-order valence-corrected chi connectivity index (χ3v) is 4.41. The van der Waals surface area contributed by atoms with Crippen molar-refractivity contribution < 1.29 is 14.7 Å². The molecule has 1 aromatic rings. The van der Waals surface area contributed by atoms with Crippen LogP contribution in [0.25, 0.3) is 0 Å². The summed E-state index contributed by atoms with van der Waals surface area (Å²) in [5.74, 6) is -0.413. The van der Waals surface area contributed by atoms with Gasteiger partial charge in [0.15, 0.2) is 0 Å². The third-order valence-electron chi connectivity index (χ3n) is 4.41. The Hall–Kier alpha value is -1.88. The van der Waals surface area contributed by atoms with E-state index in [0.29, 0.717) is 25.9 Å². The number of nitrogens with one attached hydrogen (secondary N) is 1. The zero-order valence-electron chi connectivity index (χ0n) is 13.9. The lowest BCUT2D eigenvalue weighted by molar-refractivity contribution is -0.126. The molecule has 1 aliphatic heterocycles. The van der Waals surface area contributed by atoms with Gasteiger partial charge in [-0.3, -0.25) is 9.59 Å². The van der Waals surface area contributed by atoms with Gasteiger partial charge in [0.1, 0.15) is 0 Å². The molecule has 0 saturated carbocycles. The summed E-state index contributed by atoms with van der Waals surface area (Å²) in [6, 6.07) is 7.84. The molecule has 1 fully saturated rings. The summed E-state index contributed by atoms with van der Waals surface area (Å²) in [7, 11) is 0. The summed E-state index contributed by atoms with van der Waals surface area (Å²) in [6.45, 7) is 4.84. The average Bonchev–Trinajstić information content (AvgIpc) is 2.96. The first-order valence-corrected chi connectivity index (χ1v) is 8.40. The maximum atomic E-state index is 12.3. The summed E-state index contributed by atoms with van der Waals surface area (Å²) in [5.41, 5.74) is 2.03. The first-order valence-electron chi connectivity index (χ1n) is 8.40. The highest BCUT2D eigenvalue weighted by Gasteiger charge is 2.35. The van der Waals surface area contributed by atoms with Crippen molar-refractivity contribution in [3.05, 3.63) is 29.8 Å². The van der Waals surface area contributed by atoms with Gasteiger partial charge in [0.05, 0.1) is 12.0 Å². The predicted molar refractivity (Wildman–Crippen MR) is 90.2 cm³/mol. The number of aliphatic hydroxyl groups is 1. The molecule has 5 heteroatoms. The zero-order valence-corrected chi connectivity index (χ0v) is 13.9. The first kappa shape index (κ1) is 17.5. The summed E-state index contributed by atoms with van der Waals surface area (Å²) in [6.07, 6.45) is 1.95. The maximum Gasteiger partial charge on any atom is 0.227 e. The van der Waals surface area contributed by atoms with Crippen molar-refractivity contribution in [2.45, 2.75) is 45.6 Å². The molecule has 5 nitrogen and oxygen atoms in total. The average molecular weight is 318 g/mol. The zero-order chi connectivity index (χ0) is 16.8. The van der Waals surface area contributed by atoms with Crippen molar-refractivity contribution >= 4 is 17.5 Å². The van der Waals surface area contributed by atoms with Crippen LogP contribution in [-0.4, -0.2) is 36.1 Å². The Bertz CT molecular complexity index is 559. The number of aliphatic hydroxyl groups excluding tert-OH is 1. The number of rotatable bonds is 7. The largest absolute Gasteiger partial charge is 0.393 e. The molecule has 2 N–H and O–H groups in total. The second-order valence-corrected chi connectivity index (χ2v) is 6.03. The minimum atomic E-state index is -0.381. The van der Waals surface area contributed by atoms with Gasteiger partial charge >= 0.3 is 0 Å². The Labute approximate surface area is 137 Å². The number of hydrogen-bond donors (Lipinski definition) is 2. The van der Waals surface area contributed by atoms with E-state index in [4.69, 9.17) is 0 Å². The maximum absolute atomic E-state index is 12.3. The molecule has 0 aliphatic carbocycles. The first-order chi connectivity index (χ1) is 11.1. The van der Waals surface area contributed by atoms with Gasteiger partial charge in [-0.05, 0) is 30.9 Å². The van der Waals surface area contributed by atoms with Crippen LogP contribution in [0.15, 0.2) is 24.3 Å². The van der Waals surface area contributed by atoms with Crippen molar-refractivity contribution in [3.63, 3.8) is 0 Å². The van der Waals surface area contributed by atoms with Crippen LogP contribution in [0.4, 0.5) is 5.69 Å². The van der Waals surface area contributed by atoms with Crippen LogP contribution < -0.4 is 10.2 Å². The molecule has 126 valence electrons. The summed E-state index contributed by atoms with van der Waals surface area (Å²) >= 11 is 0. The Balaban J connectivity index is 1.95. The van der Waals surface area contributed by atoms with Crippen LogP contribution in [0.1, 0.15) is 38.7 Å². The van der Waals surface area contributed by atoms with Gasteiger partial charge in [0.25, 0.3) is 0 Å². The quantitative estimate of drug-likeness (QED) is 0.806. The predicted octanol–water partition coefficient (Wildman–Crippen LogP) is 1.88. The standard InChI is InChI=1S/C18H26N2O3/c1-3-13-7-5-6-8-16(13)20-12-14(11-17(20)22)18(23)19-10-9-15(21)4-2/h5-8,14-15,21H,3-4,9-12H2,1-2H3,(H,19,23). The fourth-order valence-electron chi connectivity index (χ4n) is 2.90. The van der Waals surface area contributed by atoms with Crippen LogP contribution in [0, 0.1) is 5.92 Å². The molecule has 2 amide bonds. The molecule has 0 radical (unpaired) electrons. The molecule has 1 aliphatic rings. The molecule has 1 heterocycles. The lowest BCUT2D eigenvalue weighted by Crippen LogP contribution is -2.34. The van der Waals surface area contributed by atoms with Crippen molar-refractivity contribution in [2.24, 2.45) is 5.92 Å². The van der Waals surface area contributed by atoms with Crippen molar-refractivity contribution in [3.8, 4) is 0 Å². The van der Waals surface area contributed by atoms with E-state index in [0.717, 1.165) is 17.7 Å². The third kappa shape index (κ3) is 4.32. The number of benzene rings is 1. The molecule has 0 aromatic heterocycles. The van der Waals surface area contributed by atoms with E-state index in [9.17, 15) is 14.7 Å². The van der Waals surface area contributed by atoms with Crippen LogP contribution >= 0.6 is 0 Å². The summed E-state index contributed by atoms with van der Waals surface area (Å²) in [5, 5.41) is 12.3. The molecular weight excluding hydrogens is 292 g/mol. The van der Waals surface area contributed by atoms with E-state index in [1.165, 1.54) is 0 Å². The highest BCUT2D eigenvalue weighted by Crippen LogP contribution is 2.28. The molecular formula is C18H26N2O3. The molecule has 0 spiro atoms. The molecule has 1 saturated heterocycles. The highest BCUT2D eigenvalue weighted by atomic mass is 16.3. The molecule has 2 rings (SSSR count). The molecule has 0 bridgehead atoms. The van der Waals surface area contributed by atoms with Crippen molar-refractivity contribution in [2.75, 3.05) is 18.0 Å². The highest BCUT2D eigenvalue weighted by molar-refractivity contribution is 6.00. The summed E-state index contributed by atoms with van der Waals surface area (Å²) in [4.78, 5) is 26.2. The molecule has 1 aromatic carbocycles. The van der Waals surface area contributed by atoms with E-state index >= 15 is 0 Å². The van der Waals surface area contributed by atoms with Gasteiger partial charge in [0.2, 0.25) is 11.8 Å².